The minimum absolute atomic E-state index is 0.0533. The van der Waals surface area contributed by atoms with Crippen molar-refractivity contribution in [1.82, 2.24) is 15.6 Å². The van der Waals surface area contributed by atoms with Gasteiger partial charge in [-0.15, -0.1) is 0 Å². The third-order valence-corrected chi connectivity index (χ3v) is 4.85. The molecule has 0 spiro atoms. The van der Waals surface area contributed by atoms with Crippen molar-refractivity contribution in [3.63, 3.8) is 0 Å². The Labute approximate surface area is 131 Å². The zero-order chi connectivity index (χ0) is 15.4. The van der Waals surface area contributed by atoms with E-state index in [2.05, 4.69) is 21.7 Å². The second kappa shape index (κ2) is 7.09. The highest BCUT2D eigenvalue weighted by molar-refractivity contribution is 5.72. The van der Waals surface area contributed by atoms with Gasteiger partial charge < -0.3 is 15.4 Å². The number of aromatic nitrogens is 1. The van der Waals surface area contributed by atoms with E-state index < -0.39 is 0 Å². The van der Waals surface area contributed by atoms with Crippen LogP contribution in [0.15, 0.2) is 18.5 Å². The Hall–Kier alpha value is -1.62. The molecule has 1 saturated carbocycles. The van der Waals surface area contributed by atoms with Crippen molar-refractivity contribution >= 4 is 5.91 Å². The van der Waals surface area contributed by atoms with Crippen LogP contribution in [0.5, 0.6) is 5.75 Å². The smallest absolute Gasteiger partial charge is 0.216 e. The Morgan fingerprint density at radius 1 is 1.41 bits per heavy atom. The van der Waals surface area contributed by atoms with Gasteiger partial charge in [0.1, 0.15) is 12.4 Å². The van der Waals surface area contributed by atoms with E-state index >= 15 is 0 Å². The van der Waals surface area contributed by atoms with Gasteiger partial charge in [-0.3, -0.25) is 9.78 Å². The van der Waals surface area contributed by atoms with E-state index in [1.807, 2.05) is 6.20 Å². The second-order valence-electron chi connectivity index (χ2n) is 6.42. The first kappa shape index (κ1) is 15.3. The number of hydrogen-bond acceptors (Lipinski definition) is 4. The highest BCUT2D eigenvalue weighted by Gasteiger charge is 2.32. The Morgan fingerprint density at radius 3 is 2.91 bits per heavy atom. The number of carbonyl (C=O) groups is 1. The van der Waals surface area contributed by atoms with Crippen LogP contribution in [0.2, 0.25) is 0 Å². The third-order valence-electron chi connectivity index (χ3n) is 4.85. The van der Waals surface area contributed by atoms with E-state index in [0.29, 0.717) is 17.9 Å². The maximum atomic E-state index is 10.9. The summed E-state index contributed by atoms with van der Waals surface area (Å²) in [5.74, 6) is 2.14. The van der Waals surface area contributed by atoms with Crippen molar-refractivity contribution < 1.29 is 9.53 Å². The van der Waals surface area contributed by atoms with Gasteiger partial charge in [-0.1, -0.05) is 0 Å². The van der Waals surface area contributed by atoms with Crippen molar-refractivity contribution in [3.8, 4) is 5.75 Å². The molecular formula is C17H25N3O2. The first-order valence-electron chi connectivity index (χ1n) is 8.28. The molecule has 0 radical (unpaired) electrons. The molecule has 120 valence electrons. The molecular weight excluding hydrogens is 278 g/mol. The van der Waals surface area contributed by atoms with Gasteiger partial charge in [0.2, 0.25) is 5.91 Å². The van der Waals surface area contributed by atoms with Crippen LogP contribution in [0.4, 0.5) is 0 Å². The molecule has 0 aromatic carbocycles. The molecule has 2 fully saturated rings. The van der Waals surface area contributed by atoms with E-state index in [9.17, 15) is 4.79 Å². The number of carbonyl (C=O) groups excluding carboxylic acids is 1. The third kappa shape index (κ3) is 3.77. The number of pyridine rings is 1. The van der Waals surface area contributed by atoms with Crippen LogP contribution in [-0.2, 0) is 4.79 Å². The van der Waals surface area contributed by atoms with Gasteiger partial charge in [-0.2, -0.15) is 0 Å². The second-order valence-corrected chi connectivity index (χ2v) is 6.42. The number of rotatable bonds is 7. The number of ether oxygens (including phenoxy) is 1. The van der Waals surface area contributed by atoms with Crippen molar-refractivity contribution in [2.24, 2.45) is 5.92 Å². The quantitative estimate of drug-likeness (QED) is 0.807. The lowest BCUT2D eigenvalue weighted by Crippen LogP contribution is -2.46. The van der Waals surface area contributed by atoms with E-state index in [1.54, 1.807) is 13.1 Å². The molecule has 1 amide bonds. The summed E-state index contributed by atoms with van der Waals surface area (Å²) in [6, 6.07) is 2.64. The summed E-state index contributed by atoms with van der Waals surface area (Å²) in [4.78, 5) is 15.3. The Kier molecular flexibility index (Phi) is 4.93. The standard InChI is InChI=1S/C17H25N3O2/c1-12(21)19-6-4-13-2-3-17(13)14-8-16(10-18-9-14)22-11-15-5-7-20-15/h8-10,13,15,17,20H,2-7,11H2,1H3,(H,19,21)/t13-,15-,17-/m0/s1. The topological polar surface area (TPSA) is 63.2 Å². The first-order chi connectivity index (χ1) is 10.7. The molecule has 1 aromatic rings. The van der Waals surface area contributed by atoms with E-state index in [-0.39, 0.29) is 5.91 Å². The lowest BCUT2D eigenvalue weighted by molar-refractivity contribution is -0.119. The van der Waals surface area contributed by atoms with Gasteiger partial charge >= 0.3 is 0 Å². The lowest BCUT2D eigenvalue weighted by atomic mass is 9.69. The van der Waals surface area contributed by atoms with Gasteiger partial charge in [0.25, 0.3) is 0 Å². The van der Waals surface area contributed by atoms with Gasteiger partial charge in [0.15, 0.2) is 0 Å². The molecule has 1 aromatic heterocycles. The molecule has 2 aliphatic rings. The normalized spacial score (nSPS) is 26.7. The highest BCUT2D eigenvalue weighted by atomic mass is 16.5. The van der Waals surface area contributed by atoms with Gasteiger partial charge in [-0.25, -0.2) is 0 Å². The summed E-state index contributed by atoms with van der Waals surface area (Å²) in [6.07, 6.45) is 8.44. The lowest BCUT2D eigenvalue weighted by Gasteiger charge is -2.37. The minimum Gasteiger partial charge on any atom is -0.490 e. The number of amides is 1. The largest absolute Gasteiger partial charge is 0.490 e. The van der Waals surface area contributed by atoms with Crippen LogP contribution >= 0.6 is 0 Å². The van der Waals surface area contributed by atoms with Crippen LogP contribution in [0, 0.1) is 5.92 Å². The van der Waals surface area contributed by atoms with Crippen molar-refractivity contribution in [3.05, 3.63) is 24.0 Å². The molecule has 1 saturated heterocycles. The predicted molar refractivity (Wildman–Crippen MR) is 84.9 cm³/mol. The summed E-state index contributed by atoms with van der Waals surface area (Å²) in [5, 5.41) is 6.22. The Morgan fingerprint density at radius 2 is 2.27 bits per heavy atom. The summed E-state index contributed by atoms with van der Waals surface area (Å²) in [5.41, 5.74) is 1.28. The van der Waals surface area contributed by atoms with Crippen LogP contribution in [-0.4, -0.2) is 36.6 Å². The Balaban J connectivity index is 1.51. The van der Waals surface area contributed by atoms with Crippen LogP contribution in [0.3, 0.4) is 0 Å². The number of nitrogens with one attached hydrogen (secondary N) is 2. The molecule has 2 heterocycles. The maximum Gasteiger partial charge on any atom is 0.216 e. The molecule has 3 rings (SSSR count). The van der Waals surface area contributed by atoms with E-state index in [4.69, 9.17) is 4.74 Å². The molecule has 22 heavy (non-hydrogen) atoms. The first-order valence-corrected chi connectivity index (χ1v) is 8.28. The maximum absolute atomic E-state index is 10.9. The van der Waals surface area contributed by atoms with Crippen LogP contribution in [0.25, 0.3) is 0 Å². The van der Waals surface area contributed by atoms with Crippen molar-refractivity contribution in [2.45, 2.75) is 44.6 Å². The molecule has 5 nitrogen and oxygen atoms in total. The summed E-state index contributed by atoms with van der Waals surface area (Å²) in [7, 11) is 0. The molecule has 0 unspecified atom stereocenters. The number of nitrogens with zero attached hydrogens (tertiary/aromatic N) is 1. The van der Waals surface area contributed by atoms with Gasteiger partial charge in [0, 0.05) is 25.7 Å². The van der Waals surface area contributed by atoms with Crippen molar-refractivity contribution in [2.75, 3.05) is 19.7 Å². The van der Waals surface area contributed by atoms with E-state index in [1.165, 1.54) is 24.8 Å². The zero-order valence-electron chi connectivity index (χ0n) is 13.2. The summed E-state index contributed by atoms with van der Waals surface area (Å²) < 4.78 is 5.84. The SMILES string of the molecule is CC(=O)NCC[C@@H]1CC[C@@H]1c1cncc(OC[C@@H]2CCN2)c1. The highest BCUT2D eigenvalue weighted by Crippen LogP contribution is 2.44. The average Bonchev–Trinajstić information content (AvgIpc) is 2.41. The van der Waals surface area contributed by atoms with Gasteiger partial charge in [0.05, 0.1) is 6.20 Å². The summed E-state index contributed by atoms with van der Waals surface area (Å²) in [6.45, 7) is 4.17. The number of hydrogen-bond donors (Lipinski definition) is 2. The Bertz CT molecular complexity index is 516. The zero-order valence-corrected chi connectivity index (χ0v) is 13.2. The summed E-state index contributed by atoms with van der Waals surface area (Å²) >= 11 is 0. The molecule has 1 aliphatic carbocycles. The van der Waals surface area contributed by atoms with Crippen LogP contribution in [0.1, 0.15) is 44.1 Å². The molecule has 1 aliphatic heterocycles. The predicted octanol–water partition coefficient (Wildman–Crippen LogP) is 1.84. The minimum atomic E-state index is 0.0533. The molecule has 2 N–H and O–H groups in total. The fourth-order valence-electron chi connectivity index (χ4n) is 3.19. The van der Waals surface area contributed by atoms with Crippen LogP contribution < -0.4 is 15.4 Å². The average molecular weight is 303 g/mol. The monoisotopic (exact) mass is 303 g/mol. The molecule has 5 heteroatoms. The molecule has 3 atom stereocenters. The van der Waals surface area contributed by atoms with Crippen molar-refractivity contribution in [1.29, 1.82) is 0 Å². The fraction of sp³-hybridized carbons (Fsp3) is 0.647. The van der Waals surface area contributed by atoms with Gasteiger partial charge in [-0.05, 0) is 55.7 Å². The molecule has 0 bridgehead atoms. The fourth-order valence-corrected chi connectivity index (χ4v) is 3.19. The van der Waals surface area contributed by atoms with E-state index in [0.717, 1.165) is 31.9 Å².